The first-order valence-electron chi connectivity index (χ1n) is 9.20. The lowest BCUT2D eigenvalue weighted by molar-refractivity contribution is 0.0234. The Hall–Kier alpha value is -3.19. The van der Waals surface area contributed by atoms with Crippen molar-refractivity contribution >= 4 is 35.3 Å². The van der Waals surface area contributed by atoms with E-state index in [1.807, 2.05) is 37.3 Å². The van der Waals surface area contributed by atoms with Gasteiger partial charge < -0.3 is 19.6 Å². The Labute approximate surface area is 162 Å². The highest BCUT2D eigenvalue weighted by atomic mass is 16.5. The minimum absolute atomic E-state index is 0.125. The summed E-state index contributed by atoms with van der Waals surface area (Å²) in [7, 11) is 0. The average Bonchev–Trinajstić information content (AvgIpc) is 3.07. The van der Waals surface area contributed by atoms with E-state index < -0.39 is 0 Å². The lowest BCUT2D eigenvalue weighted by Gasteiger charge is -2.22. The molecule has 0 radical (unpaired) electrons. The third-order valence-electron chi connectivity index (χ3n) is 4.66. The van der Waals surface area contributed by atoms with Crippen LogP contribution in [0.15, 0.2) is 34.9 Å². The van der Waals surface area contributed by atoms with Gasteiger partial charge in [-0.05, 0) is 36.3 Å². The predicted molar refractivity (Wildman–Crippen MR) is 108 cm³/mol. The minimum atomic E-state index is 0.125. The van der Waals surface area contributed by atoms with Gasteiger partial charge in [-0.1, -0.05) is 18.7 Å². The molecule has 0 atom stereocenters. The molecule has 1 aliphatic rings. The molecule has 0 spiro atoms. The number of hydrogen-bond donors (Lipinski definition) is 1. The van der Waals surface area contributed by atoms with Gasteiger partial charge in [0.05, 0.1) is 30.1 Å². The summed E-state index contributed by atoms with van der Waals surface area (Å²) in [6.45, 7) is 7.45. The van der Waals surface area contributed by atoms with Gasteiger partial charge in [-0.25, -0.2) is 9.97 Å². The predicted octanol–water partition coefficient (Wildman–Crippen LogP) is 2.05. The molecule has 7 heteroatoms. The summed E-state index contributed by atoms with van der Waals surface area (Å²) in [5.74, 6) is 0.504. The number of nitrogen functional groups attached to an aromatic ring is 1. The fourth-order valence-corrected chi connectivity index (χ4v) is 3.07. The van der Waals surface area contributed by atoms with Crippen LogP contribution in [0.4, 0.5) is 6.01 Å². The van der Waals surface area contributed by atoms with Gasteiger partial charge in [-0.2, -0.15) is 4.98 Å². The van der Waals surface area contributed by atoms with Crippen LogP contribution in [0.5, 0.6) is 5.88 Å². The van der Waals surface area contributed by atoms with Crippen LogP contribution in [0.2, 0.25) is 0 Å². The molecule has 3 aromatic rings. The van der Waals surface area contributed by atoms with Crippen LogP contribution >= 0.6 is 0 Å². The van der Waals surface area contributed by atoms with Gasteiger partial charge in [-0.15, -0.1) is 0 Å². The van der Waals surface area contributed by atoms with Gasteiger partial charge >= 0.3 is 0 Å². The second-order valence-corrected chi connectivity index (χ2v) is 6.72. The van der Waals surface area contributed by atoms with E-state index >= 15 is 0 Å². The van der Waals surface area contributed by atoms with Crippen LogP contribution < -0.4 is 21.2 Å². The smallest absolute Gasteiger partial charge is 0.292 e. The molecule has 1 aromatic carbocycles. The first-order chi connectivity index (χ1) is 13.6. The summed E-state index contributed by atoms with van der Waals surface area (Å²) in [5, 5.41) is 1.28. The lowest BCUT2D eigenvalue weighted by atomic mass is 10.1. The Bertz CT molecular complexity index is 1130. The third-order valence-corrected chi connectivity index (χ3v) is 4.66. The van der Waals surface area contributed by atoms with Crippen LogP contribution in [0.3, 0.4) is 0 Å². The normalized spacial score (nSPS) is 16.6. The Balaban J connectivity index is 1.54. The summed E-state index contributed by atoms with van der Waals surface area (Å²) in [6.07, 6.45) is 7.37. The Morgan fingerprint density at radius 2 is 2.11 bits per heavy atom. The van der Waals surface area contributed by atoms with Crippen molar-refractivity contribution in [2.24, 2.45) is 0 Å². The van der Waals surface area contributed by atoms with Crippen molar-refractivity contribution in [2.45, 2.75) is 25.9 Å². The maximum absolute atomic E-state index is 5.88. The van der Waals surface area contributed by atoms with Gasteiger partial charge in [0.15, 0.2) is 5.58 Å². The Morgan fingerprint density at radius 3 is 2.89 bits per heavy atom. The number of aromatic nitrogens is 3. The molecule has 0 aliphatic carbocycles. The van der Waals surface area contributed by atoms with Crippen LogP contribution in [0.1, 0.15) is 25.3 Å². The number of nitrogens with two attached hydrogens (primary N) is 1. The largest absolute Gasteiger partial charge is 0.473 e. The number of anilines is 1. The molecule has 0 saturated carbocycles. The highest BCUT2D eigenvalue weighted by Crippen LogP contribution is 2.22. The summed E-state index contributed by atoms with van der Waals surface area (Å²) >= 11 is 0. The molecule has 2 aromatic heterocycles. The molecular formula is C21H22N4O3. The third kappa shape index (κ3) is 4.04. The van der Waals surface area contributed by atoms with Crippen molar-refractivity contribution in [3.8, 4) is 5.88 Å². The van der Waals surface area contributed by atoms with E-state index in [4.69, 9.17) is 19.6 Å². The van der Waals surface area contributed by atoms with Crippen molar-refractivity contribution in [3.63, 3.8) is 0 Å². The quantitative estimate of drug-likeness (QED) is 0.742. The molecule has 28 heavy (non-hydrogen) atoms. The van der Waals surface area contributed by atoms with E-state index in [9.17, 15) is 0 Å². The zero-order valence-electron chi connectivity index (χ0n) is 15.7. The fraction of sp³-hybridized carbons (Fsp3) is 0.286. The number of allylic oxidation sites excluding steroid dienone is 2. The van der Waals surface area contributed by atoms with Crippen molar-refractivity contribution in [3.05, 3.63) is 46.7 Å². The summed E-state index contributed by atoms with van der Waals surface area (Å²) in [6, 6.07) is 5.94. The van der Waals surface area contributed by atoms with Gasteiger partial charge in [0, 0.05) is 12.8 Å². The standard InChI is InChI=1S/C21H22N4O3/c1-13(15-4-6-19-18(11-15)25-21(22)28-19)3-5-17-14(2)24-20(12-23-17)27-16-7-9-26-10-8-16/h3-6,11-12,16H,2,7-10H2,1H3,(H2,22,25)/b13-3+,17-5+. The SMILES string of the molecule is C=c1nc(OC2CCOCC2)cn/c1=C/C=C(\C)c1ccc2oc(N)nc2c1. The maximum atomic E-state index is 5.88. The number of benzene rings is 1. The van der Waals surface area contributed by atoms with Crippen LogP contribution in [-0.4, -0.2) is 34.3 Å². The minimum Gasteiger partial charge on any atom is -0.473 e. The molecule has 7 nitrogen and oxygen atoms in total. The molecule has 1 saturated heterocycles. The van der Waals surface area contributed by atoms with Gasteiger partial charge in [-0.3, -0.25) is 0 Å². The van der Waals surface area contributed by atoms with Crippen molar-refractivity contribution in [2.75, 3.05) is 18.9 Å². The number of hydrogen-bond acceptors (Lipinski definition) is 7. The van der Waals surface area contributed by atoms with E-state index in [2.05, 4.69) is 21.5 Å². The van der Waals surface area contributed by atoms with Crippen molar-refractivity contribution < 1.29 is 13.9 Å². The van der Waals surface area contributed by atoms with Gasteiger partial charge in [0.1, 0.15) is 11.6 Å². The van der Waals surface area contributed by atoms with Crippen LogP contribution in [0, 0.1) is 0 Å². The summed E-state index contributed by atoms with van der Waals surface area (Å²) < 4.78 is 16.5. The van der Waals surface area contributed by atoms with Crippen molar-refractivity contribution in [1.29, 1.82) is 0 Å². The van der Waals surface area contributed by atoms with E-state index in [1.165, 1.54) is 0 Å². The zero-order chi connectivity index (χ0) is 19.5. The molecule has 2 N–H and O–H groups in total. The van der Waals surface area contributed by atoms with Crippen LogP contribution in [-0.2, 0) is 4.74 Å². The number of rotatable bonds is 4. The topological polar surface area (TPSA) is 96.3 Å². The highest BCUT2D eigenvalue weighted by Gasteiger charge is 2.15. The molecule has 0 bridgehead atoms. The zero-order valence-corrected chi connectivity index (χ0v) is 15.7. The molecule has 0 amide bonds. The lowest BCUT2D eigenvalue weighted by Crippen LogP contribution is -2.32. The van der Waals surface area contributed by atoms with Gasteiger partial charge in [0.2, 0.25) is 5.88 Å². The number of oxazole rings is 1. The first kappa shape index (κ1) is 18.2. The number of fused-ring (bicyclic) bond motifs is 1. The second kappa shape index (κ2) is 7.82. The van der Waals surface area contributed by atoms with E-state index in [0.29, 0.717) is 22.2 Å². The maximum Gasteiger partial charge on any atom is 0.292 e. The molecule has 3 heterocycles. The summed E-state index contributed by atoms with van der Waals surface area (Å²) in [4.78, 5) is 13.0. The average molecular weight is 378 g/mol. The van der Waals surface area contributed by atoms with E-state index in [-0.39, 0.29) is 12.1 Å². The highest BCUT2D eigenvalue weighted by molar-refractivity contribution is 5.81. The Morgan fingerprint density at radius 1 is 1.29 bits per heavy atom. The molecule has 0 unspecified atom stereocenters. The first-order valence-corrected chi connectivity index (χ1v) is 9.20. The summed E-state index contributed by atoms with van der Waals surface area (Å²) in [5.41, 5.74) is 9.08. The second-order valence-electron chi connectivity index (χ2n) is 6.72. The molecule has 1 aliphatic heterocycles. The molecule has 4 rings (SSSR count). The number of nitrogens with zero attached hydrogens (tertiary/aromatic N) is 3. The van der Waals surface area contributed by atoms with Crippen molar-refractivity contribution in [1.82, 2.24) is 15.0 Å². The number of ether oxygens (including phenoxy) is 2. The van der Waals surface area contributed by atoms with E-state index in [1.54, 1.807) is 6.20 Å². The van der Waals surface area contributed by atoms with E-state index in [0.717, 1.165) is 42.7 Å². The Kier molecular flexibility index (Phi) is 5.08. The van der Waals surface area contributed by atoms with Gasteiger partial charge in [0.25, 0.3) is 6.01 Å². The monoisotopic (exact) mass is 378 g/mol. The molecular weight excluding hydrogens is 356 g/mol. The fourth-order valence-electron chi connectivity index (χ4n) is 3.07. The molecule has 144 valence electrons. The molecule has 1 fully saturated rings. The van der Waals surface area contributed by atoms with Crippen LogP contribution in [0.25, 0.3) is 29.3 Å².